The first-order valence-electron chi connectivity index (χ1n) is 13.2. The molecule has 1 heterocycles. The van der Waals surface area contributed by atoms with Gasteiger partial charge in [0.1, 0.15) is 23.7 Å². The number of hydrogen-bond acceptors (Lipinski definition) is 6. The van der Waals surface area contributed by atoms with Gasteiger partial charge in [0.05, 0.1) is 35.7 Å². The standard InChI is InChI=1S/C30H37ClF2N2O4/c1-28(2,3)14-24-30(16-36,20-10-9-17(32)11-23(20)39-5)25(19-7-6-8-21(31)26(19)33)27(35-24)22(37)15-34-18-12-29(4,38)13-18/h6-11,16,18,24-25,27,34-35,38H,12-15H2,1-5H3/t18?,24-,25+,27+,29?,30-/m1/s1. The molecule has 2 fully saturated rings. The Labute approximate surface area is 233 Å². The molecule has 1 saturated heterocycles. The third-order valence-electron chi connectivity index (χ3n) is 8.05. The highest BCUT2D eigenvalue weighted by Gasteiger charge is 2.60. The Hall–Kier alpha value is -2.39. The lowest BCUT2D eigenvalue weighted by Gasteiger charge is -2.41. The Kier molecular flexibility index (Phi) is 8.26. The molecule has 0 amide bonds. The maximum atomic E-state index is 15.7. The molecule has 9 heteroatoms. The molecule has 0 bridgehead atoms. The van der Waals surface area contributed by atoms with E-state index in [1.54, 1.807) is 13.0 Å². The summed E-state index contributed by atoms with van der Waals surface area (Å²) in [5.41, 5.74) is -2.05. The lowest BCUT2D eigenvalue weighted by molar-refractivity contribution is -0.121. The molecule has 2 aromatic rings. The molecule has 1 aliphatic heterocycles. The van der Waals surface area contributed by atoms with Gasteiger partial charge in [-0.3, -0.25) is 4.79 Å². The number of halogens is 3. The van der Waals surface area contributed by atoms with E-state index in [0.29, 0.717) is 24.8 Å². The van der Waals surface area contributed by atoms with Crippen molar-refractivity contribution in [3.05, 3.63) is 64.2 Å². The molecule has 3 N–H and O–H groups in total. The zero-order valence-electron chi connectivity index (χ0n) is 23.0. The minimum atomic E-state index is -1.49. The van der Waals surface area contributed by atoms with Gasteiger partial charge >= 0.3 is 0 Å². The summed E-state index contributed by atoms with van der Waals surface area (Å²) in [4.78, 5) is 27.3. The number of ether oxygens (including phenoxy) is 1. The topological polar surface area (TPSA) is 87.7 Å². The van der Waals surface area contributed by atoms with Crippen molar-refractivity contribution in [1.82, 2.24) is 10.6 Å². The fourth-order valence-electron chi connectivity index (χ4n) is 6.36. The fourth-order valence-corrected chi connectivity index (χ4v) is 6.54. The van der Waals surface area contributed by atoms with Crippen LogP contribution < -0.4 is 15.4 Å². The van der Waals surface area contributed by atoms with Crippen LogP contribution in [0.15, 0.2) is 36.4 Å². The fraction of sp³-hybridized carbons (Fsp3) is 0.533. The molecule has 0 unspecified atom stereocenters. The number of aliphatic hydroxyl groups is 1. The third kappa shape index (κ3) is 5.75. The highest BCUT2D eigenvalue weighted by molar-refractivity contribution is 6.30. The second-order valence-corrected chi connectivity index (χ2v) is 12.8. The zero-order valence-corrected chi connectivity index (χ0v) is 23.7. The van der Waals surface area contributed by atoms with Crippen molar-refractivity contribution in [2.45, 2.75) is 82.0 Å². The Balaban J connectivity index is 1.88. The van der Waals surface area contributed by atoms with Gasteiger partial charge < -0.3 is 25.3 Å². The summed E-state index contributed by atoms with van der Waals surface area (Å²) in [5.74, 6) is -2.38. The summed E-state index contributed by atoms with van der Waals surface area (Å²) in [7, 11) is 1.38. The number of methoxy groups -OCH3 is 1. The Bertz CT molecular complexity index is 1240. The van der Waals surface area contributed by atoms with Gasteiger partial charge in [-0.25, -0.2) is 8.78 Å². The predicted octanol–water partition coefficient (Wildman–Crippen LogP) is 4.70. The van der Waals surface area contributed by atoms with Gasteiger partial charge in [0.15, 0.2) is 5.78 Å². The minimum Gasteiger partial charge on any atom is -0.496 e. The van der Waals surface area contributed by atoms with Crippen molar-refractivity contribution >= 4 is 23.7 Å². The van der Waals surface area contributed by atoms with Crippen LogP contribution in [0.5, 0.6) is 5.75 Å². The number of carbonyl (C=O) groups excluding carboxylic acids is 2. The van der Waals surface area contributed by atoms with E-state index in [2.05, 4.69) is 10.6 Å². The number of benzene rings is 2. The minimum absolute atomic E-state index is 0.0231. The molecule has 6 nitrogen and oxygen atoms in total. The maximum absolute atomic E-state index is 15.7. The number of hydrogen-bond donors (Lipinski definition) is 3. The van der Waals surface area contributed by atoms with E-state index >= 15 is 4.39 Å². The van der Waals surface area contributed by atoms with Crippen molar-refractivity contribution in [1.29, 1.82) is 0 Å². The molecular formula is C30H37ClF2N2O4. The molecular weight excluding hydrogens is 526 g/mol. The van der Waals surface area contributed by atoms with E-state index < -0.39 is 40.7 Å². The van der Waals surface area contributed by atoms with Crippen LogP contribution in [0.25, 0.3) is 0 Å². The number of nitrogens with one attached hydrogen (secondary N) is 2. The van der Waals surface area contributed by atoms with Gasteiger partial charge in [-0.2, -0.15) is 0 Å². The van der Waals surface area contributed by atoms with E-state index in [9.17, 15) is 19.1 Å². The van der Waals surface area contributed by atoms with Gasteiger partial charge in [-0.05, 0) is 49.3 Å². The highest BCUT2D eigenvalue weighted by Crippen LogP contribution is 2.53. The molecule has 2 aromatic carbocycles. The largest absolute Gasteiger partial charge is 0.496 e. The van der Waals surface area contributed by atoms with Crippen LogP contribution in [0.1, 0.15) is 64.0 Å². The van der Waals surface area contributed by atoms with Crippen LogP contribution >= 0.6 is 11.6 Å². The molecule has 4 rings (SSSR count). The van der Waals surface area contributed by atoms with Crippen LogP contribution in [0.3, 0.4) is 0 Å². The highest BCUT2D eigenvalue weighted by atomic mass is 35.5. The number of ketones is 1. The summed E-state index contributed by atoms with van der Waals surface area (Å²) in [6.45, 7) is 7.75. The van der Waals surface area contributed by atoms with Gasteiger partial charge in [0.25, 0.3) is 0 Å². The molecule has 4 atom stereocenters. The Morgan fingerprint density at radius 3 is 2.54 bits per heavy atom. The smallest absolute Gasteiger partial charge is 0.164 e. The number of rotatable bonds is 9. The second-order valence-electron chi connectivity index (χ2n) is 12.4. The first-order chi connectivity index (χ1) is 18.2. The summed E-state index contributed by atoms with van der Waals surface area (Å²) in [6.07, 6.45) is 2.24. The number of Topliss-reactive ketones (excluding diaryl/α,β-unsaturated/α-hetero) is 1. The van der Waals surface area contributed by atoms with Gasteiger partial charge in [-0.1, -0.05) is 50.6 Å². The zero-order chi connectivity index (χ0) is 28.8. The first kappa shape index (κ1) is 29.6. The van der Waals surface area contributed by atoms with E-state index in [1.807, 2.05) is 20.8 Å². The number of carbonyl (C=O) groups is 2. The molecule has 0 spiro atoms. The summed E-state index contributed by atoms with van der Waals surface area (Å²) < 4.78 is 35.6. The van der Waals surface area contributed by atoms with Crippen LogP contribution in [-0.4, -0.2) is 54.6 Å². The molecule has 0 aromatic heterocycles. The molecule has 1 aliphatic carbocycles. The quantitative estimate of drug-likeness (QED) is 0.384. The first-order valence-corrected chi connectivity index (χ1v) is 13.6. The number of aldehydes is 1. The van der Waals surface area contributed by atoms with Crippen LogP contribution in [0, 0.1) is 17.0 Å². The van der Waals surface area contributed by atoms with Crippen LogP contribution in [0.4, 0.5) is 8.78 Å². The van der Waals surface area contributed by atoms with Crippen molar-refractivity contribution < 1.29 is 28.2 Å². The second kappa shape index (κ2) is 10.9. The average Bonchev–Trinajstić information content (AvgIpc) is 3.15. The van der Waals surface area contributed by atoms with E-state index in [4.69, 9.17) is 16.3 Å². The summed E-state index contributed by atoms with van der Waals surface area (Å²) in [6, 6.07) is 6.86. The Morgan fingerprint density at radius 2 is 1.95 bits per heavy atom. The van der Waals surface area contributed by atoms with Gasteiger partial charge in [0.2, 0.25) is 0 Å². The van der Waals surface area contributed by atoms with Crippen LogP contribution in [0.2, 0.25) is 5.02 Å². The normalized spacial score (nSPS) is 30.6. The van der Waals surface area contributed by atoms with Crippen molar-refractivity contribution in [2.75, 3.05) is 13.7 Å². The molecule has 2 aliphatic rings. The molecule has 0 radical (unpaired) electrons. The van der Waals surface area contributed by atoms with Crippen molar-refractivity contribution in [3.8, 4) is 5.75 Å². The van der Waals surface area contributed by atoms with Gasteiger partial charge in [-0.15, -0.1) is 0 Å². The van der Waals surface area contributed by atoms with Crippen LogP contribution in [-0.2, 0) is 15.0 Å². The van der Waals surface area contributed by atoms with E-state index in [1.165, 1.54) is 37.4 Å². The lowest BCUT2D eigenvalue weighted by Crippen LogP contribution is -2.54. The van der Waals surface area contributed by atoms with E-state index in [0.717, 1.165) is 6.29 Å². The SMILES string of the molecule is COc1cc(F)ccc1[C@]1(C=O)[C@@H](CC(C)(C)C)N[C@@H](C(=O)CNC2CC(C)(O)C2)[C@@H]1c1cccc(Cl)c1F. The molecule has 39 heavy (non-hydrogen) atoms. The predicted molar refractivity (Wildman–Crippen MR) is 146 cm³/mol. The summed E-state index contributed by atoms with van der Waals surface area (Å²) in [5, 5.41) is 16.5. The lowest BCUT2D eigenvalue weighted by atomic mass is 9.62. The molecule has 1 saturated carbocycles. The summed E-state index contributed by atoms with van der Waals surface area (Å²) >= 11 is 6.20. The molecule has 212 valence electrons. The van der Waals surface area contributed by atoms with E-state index in [-0.39, 0.29) is 40.1 Å². The average molecular weight is 563 g/mol. The van der Waals surface area contributed by atoms with Gasteiger partial charge in [0, 0.05) is 29.6 Å². The van der Waals surface area contributed by atoms with Crippen molar-refractivity contribution in [2.24, 2.45) is 5.41 Å². The van der Waals surface area contributed by atoms with Crippen molar-refractivity contribution in [3.63, 3.8) is 0 Å². The maximum Gasteiger partial charge on any atom is 0.164 e. The Morgan fingerprint density at radius 1 is 1.26 bits per heavy atom. The third-order valence-corrected chi connectivity index (χ3v) is 8.34. The monoisotopic (exact) mass is 562 g/mol.